The fourth-order valence-corrected chi connectivity index (χ4v) is 2.27. The van der Waals surface area contributed by atoms with E-state index in [2.05, 4.69) is 15.6 Å². The second kappa shape index (κ2) is 10.9. The van der Waals surface area contributed by atoms with Crippen LogP contribution in [0.25, 0.3) is 0 Å². The molecule has 0 spiro atoms. The van der Waals surface area contributed by atoms with Gasteiger partial charge in [0.2, 0.25) is 5.91 Å². The molecule has 0 bridgehead atoms. The number of anilines is 2. The van der Waals surface area contributed by atoms with Crippen molar-refractivity contribution >= 4 is 58.8 Å². The number of rotatable bonds is 6. The van der Waals surface area contributed by atoms with Gasteiger partial charge in [0.15, 0.2) is 5.96 Å². The van der Waals surface area contributed by atoms with Gasteiger partial charge in [-0.05, 0) is 48.9 Å². The molecule has 0 aromatic heterocycles. The summed E-state index contributed by atoms with van der Waals surface area (Å²) in [5, 5.41) is 6.39. The standard InChI is InChI=1S/C18H21ClN4O2.HI/c1-12-15(19)4-3-5-16(12)23-17(24)10-11-21-18(20)22-13-6-8-14(25-2)9-7-13;/h3-9H,10-11H2,1-2H3,(H,23,24)(H3,20,21,22);1H. The predicted octanol–water partition coefficient (Wildman–Crippen LogP) is 4.03. The third-order valence-corrected chi connectivity index (χ3v) is 3.93. The Labute approximate surface area is 175 Å². The second-order valence-corrected chi connectivity index (χ2v) is 5.74. The molecule has 0 saturated heterocycles. The van der Waals surface area contributed by atoms with Gasteiger partial charge in [0.25, 0.3) is 0 Å². The van der Waals surface area contributed by atoms with Crippen LogP contribution < -0.4 is 21.1 Å². The summed E-state index contributed by atoms with van der Waals surface area (Å²) in [6.45, 7) is 2.13. The largest absolute Gasteiger partial charge is 0.497 e. The van der Waals surface area contributed by atoms with Crippen molar-refractivity contribution in [1.82, 2.24) is 0 Å². The van der Waals surface area contributed by atoms with Crippen LogP contribution in [0.4, 0.5) is 11.4 Å². The highest BCUT2D eigenvalue weighted by Crippen LogP contribution is 2.22. The Morgan fingerprint density at radius 3 is 2.54 bits per heavy atom. The topological polar surface area (TPSA) is 88.7 Å². The fourth-order valence-electron chi connectivity index (χ4n) is 2.10. The van der Waals surface area contributed by atoms with Crippen molar-refractivity contribution in [2.75, 3.05) is 24.3 Å². The van der Waals surface area contributed by atoms with E-state index in [9.17, 15) is 4.79 Å². The van der Waals surface area contributed by atoms with Gasteiger partial charge in [-0.2, -0.15) is 0 Å². The van der Waals surface area contributed by atoms with Crippen molar-refractivity contribution < 1.29 is 9.53 Å². The van der Waals surface area contributed by atoms with Gasteiger partial charge in [0.05, 0.1) is 13.7 Å². The lowest BCUT2D eigenvalue weighted by molar-refractivity contribution is -0.116. The van der Waals surface area contributed by atoms with Gasteiger partial charge in [-0.25, -0.2) is 0 Å². The smallest absolute Gasteiger partial charge is 0.226 e. The summed E-state index contributed by atoms with van der Waals surface area (Å²) in [7, 11) is 1.61. The van der Waals surface area contributed by atoms with Crippen molar-refractivity contribution in [3.05, 3.63) is 53.1 Å². The monoisotopic (exact) mass is 488 g/mol. The van der Waals surface area contributed by atoms with Crippen LogP contribution in [-0.4, -0.2) is 25.5 Å². The first kappa shape index (κ1) is 22.0. The maximum absolute atomic E-state index is 12.0. The number of amides is 1. The summed E-state index contributed by atoms with van der Waals surface area (Å²) < 4.78 is 5.09. The van der Waals surface area contributed by atoms with Gasteiger partial charge in [0.1, 0.15) is 5.75 Å². The molecule has 0 aliphatic heterocycles. The molecule has 1 amide bonds. The van der Waals surface area contributed by atoms with E-state index in [0.717, 1.165) is 17.0 Å². The Morgan fingerprint density at radius 2 is 1.88 bits per heavy atom. The van der Waals surface area contributed by atoms with Crippen LogP contribution in [-0.2, 0) is 4.79 Å². The van der Waals surface area contributed by atoms with Gasteiger partial charge < -0.3 is 21.1 Å². The van der Waals surface area contributed by atoms with E-state index in [1.807, 2.05) is 37.3 Å². The number of nitrogens with zero attached hydrogens (tertiary/aromatic N) is 1. The van der Waals surface area contributed by atoms with E-state index in [4.69, 9.17) is 22.1 Å². The van der Waals surface area contributed by atoms with E-state index in [1.165, 1.54) is 0 Å². The molecule has 2 aromatic rings. The number of aliphatic imine (C=N–C) groups is 1. The third kappa shape index (κ3) is 6.72. The predicted molar refractivity (Wildman–Crippen MR) is 118 cm³/mol. The van der Waals surface area contributed by atoms with Crippen molar-refractivity contribution in [2.24, 2.45) is 10.7 Å². The Morgan fingerprint density at radius 1 is 1.19 bits per heavy atom. The average Bonchev–Trinajstić information content (AvgIpc) is 2.59. The Balaban J connectivity index is 0.00000338. The van der Waals surface area contributed by atoms with Crippen LogP contribution in [0.15, 0.2) is 47.5 Å². The molecule has 0 aliphatic rings. The summed E-state index contributed by atoms with van der Waals surface area (Å²) in [6.07, 6.45) is 0.219. The molecule has 0 heterocycles. The Bertz CT molecular complexity index is 766. The number of halogens is 2. The number of nitrogens with two attached hydrogens (primary N) is 1. The number of hydrogen-bond donors (Lipinski definition) is 3. The number of nitrogens with one attached hydrogen (secondary N) is 2. The summed E-state index contributed by atoms with van der Waals surface area (Å²) >= 11 is 6.03. The summed E-state index contributed by atoms with van der Waals surface area (Å²) in [6, 6.07) is 12.7. The van der Waals surface area contributed by atoms with Gasteiger partial charge >= 0.3 is 0 Å². The molecular weight excluding hydrogens is 467 g/mol. The molecule has 2 aromatic carbocycles. The van der Waals surface area contributed by atoms with Crippen LogP contribution in [0.1, 0.15) is 12.0 Å². The van der Waals surface area contributed by atoms with Gasteiger partial charge in [-0.1, -0.05) is 17.7 Å². The number of carbonyl (C=O) groups is 1. The Hall–Kier alpha value is -2.00. The van der Waals surface area contributed by atoms with Crippen LogP contribution in [0.3, 0.4) is 0 Å². The van der Waals surface area contributed by atoms with Crippen LogP contribution in [0.2, 0.25) is 5.02 Å². The lowest BCUT2D eigenvalue weighted by Gasteiger charge is -2.09. The normalized spacial score (nSPS) is 10.7. The minimum atomic E-state index is -0.147. The zero-order chi connectivity index (χ0) is 18.2. The van der Waals surface area contributed by atoms with Crippen molar-refractivity contribution in [3.63, 3.8) is 0 Å². The van der Waals surface area contributed by atoms with Gasteiger partial charge in [-0.15, -0.1) is 24.0 Å². The summed E-state index contributed by atoms with van der Waals surface area (Å²) in [5.74, 6) is 0.859. The molecule has 0 saturated carbocycles. The first-order valence-electron chi connectivity index (χ1n) is 7.75. The molecule has 6 nitrogen and oxygen atoms in total. The molecule has 140 valence electrons. The first-order chi connectivity index (χ1) is 12.0. The quantitative estimate of drug-likeness (QED) is 0.325. The van der Waals surface area contributed by atoms with Crippen molar-refractivity contribution in [1.29, 1.82) is 0 Å². The van der Waals surface area contributed by atoms with E-state index in [0.29, 0.717) is 10.7 Å². The van der Waals surface area contributed by atoms with E-state index in [1.54, 1.807) is 19.2 Å². The fraction of sp³-hybridized carbons (Fsp3) is 0.222. The number of ether oxygens (including phenoxy) is 1. The lowest BCUT2D eigenvalue weighted by atomic mass is 10.2. The number of hydrogen-bond acceptors (Lipinski definition) is 3. The molecule has 0 radical (unpaired) electrons. The zero-order valence-corrected chi connectivity index (χ0v) is 17.7. The molecule has 4 N–H and O–H groups in total. The SMILES string of the molecule is COc1ccc(NC(N)=NCCC(=O)Nc2cccc(Cl)c2C)cc1.I. The average molecular weight is 489 g/mol. The highest BCUT2D eigenvalue weighted by atomic mass is 127. The number of carbonyl (C=O) groups excluding carboxylic acids is 1. The van der Waals surface area contributed by atoms with Crippen LogP contribution in [0.5, 0.6) is 5.75 Å². The molecular formula is C18H22ClIN4O2. The molecule has 0 fully saturated rings. The van der Waals surface area contributed by atoms with E-state index < -0.39 is 0 Å². The molecule has 8 heteroatoms. The molecule has 0 unspecified atom stereocenters. The molecule has 0 aliphatic carbocycles. The first-order valence-corrected chi connectivity index (χ1v) is 8.13. The number of methoxy groups -OCH3 is 1. The van der Waals surface area contributed by atoms with Gasteiger partial charge in [-0.3, -0.25) is 9.79 Å². The Kier molecular flexibility index (Phi) is 9.22. The van der Waals surface area contributed by atoms with E-state index >= 15 is 0 Å². The lowest BCUT2D eigenvalue weighted by Crippen LogP contribution is -2.23. The van der Waals surface area contributed by atoms with Crippen LogP contribution in [0, 0.1) is 6.92 Å². The molecule has 26 heavy (non-hydrogen) atoms. The van der Waals surface area contributed by atoms with Crippen molar-refractivity contribution in [3.8, 4) is 5.75 Å². The number of benzene rings is 2. The summed E-state index contributed by atoms with van der Waals surface area (Å²) in [4.78, 5) is 16.1. The molecule has 2 rings (SSSR count). The zero-order valence-electron chi connectivity index (χ0n) is 14.6. The van der Waals surface area contributed by atoms with Gasteiger partial charge in [0, 0.05) is 22.8 Å². The minimum absolute atomic E-state index is 0. The highest BCUT2D eigenvalue weighted by Gasteiger charge is 2.06. The van der Waals surface area contributed by atoms with Crippen LogP contribution >= 0.6 is 35.6 Å². The maximum atomic E-state index is 12.0. The summed E-state index contributed by atoms with van der Waals surface area (Å²) in [5.41, 5.74) is 8.14. The van der Waals surface area contributed by atoms with Crippen molar-refractivity contribution in [2.45, 2.75) is 13.3 Å². The second-order valence-electron chi connectivity index (χ2n) is 5.33. The third-order valence-electron chi connectivity index (χ3n) is 3.53. The highest BCUT2D eigenvalue weighted by molar-refractivity contribution is 14.0. The number of guanidine groups is 1. The van der Waals surface area contributed by atoms with E-state index in [-0.39, 0.29) is 48.8 Å². The maximum Gasteiger partial charge on any atom is 0.226 e. The minimum Gasteiger partial charge on any atom is -0.497 e. The molecule has 0 atom stereocenters.